The van der Waals surface area contributed by atoms with Gasteiger partial charge < -0.3 is 19.7 Å². The van der Waals surface area contributed by atoms with Crippen molar-refractivity contribution in [1.29, 1.82) is 0 Å². The van der Waals surface area contributed by atoms with Gasteiger partial charge in [0.25, 0.3) is 0 Å². The molecule has 7 nitrogen and oxygen atoms in total. The molecule has 1 amide bonds. The molecular weight excluding hydrogens is 434 g/mol. The summed E-state index contributed by atoms with van der Waals surface area (Å²) in [6, 6.07) is 3.62. The molecule has 4 rings (SSSR count). The molecule has 1 fully saturated rings. The number of amidine groups is 1. The highest BCUT2D eigenvalue weighted by atomic mass is 32.2. The predicted octanol–water partition coefficient (Wildman–Crippen LogP) is 3.96. The number of ether oxygens (including phenoxy) is 2. The first-order valence-corrected chi connectivity index (χ1v) is 12.3. The lowest BCUT2D eigenvalue weighted by Crippen LogP contribution is -2.38. The normalized spacial score (nSPS) is 23.0. The number of nitrogens with one attached hydrogen (secondary N) is 1. The fraction of sp³-hybridized carbons (Fsp3) is 0.500. The van der Waals surface area contributed by atoms with Gasteiger partial charge in [0.15, 0.2) is 5.17 Å². The van der Waals surface area contributed by atoms with Gasteiger partial charge in [-0.2, -0.15) is 0 Å². The minimum atomic E-state index is -0.368. The summed E-state index contributed by atoms with van der Waals surface area (Å²) >= 11 is 3.06. The summed E-state index contributed by atoms with van der Waals surface area (Å²) in [5.41, 5.74) is 2.00. The van der Waals surface area contributed by atoms with Crippen LogP contribution in [0.25, 0.3) is 0 Å². The van der Waals surface area contributed by atoms with Gasteiger partial charge in [-0.1, -0.05) is 17.8 Å². The summed E-state index contributed by atoms with van der Waals surface area (Å²) in [6.45, 7) is 6.80. The van der Waals surface area contributed by atoms with Crippen molar-refractivity contribution in [3.8, 4) is 0 Å². The molecule has 4 heterocycles. The van der Waals surface area contributed by atoms with E-state index in [0.29, 0.717) is 17.8 Å². The molecule has 1 saturated heterocycles. The number of thioether (sulfide) groups is 1. The zero-order valence-electron chi connectivity index (χ0n) is 17.9. The first-order valence-electron chi connectivity index (χ1n) is 10.5. The van der Waals surface area contributed by atoms with Gasteiger partial charge >= 0.3 is 5.97 Å². The van der Waals surface area contributed by atoms with Gasteiger partial charge in [-0.05, 0) is 50.5 Å². The van der Waals surface area contributed by atoms with Crippen LogP contribution in [0, 0.1) is 0 Å². The van der Waals surface area contributed by atoms with E-state index < -0.39 is 0 Å². The highest BCUT2D eigenvalue weighted by Crippen LogP contribution is 2.45. The van der Waals surface area contributed by atoms with Crippen molar-refractivity contribution in [3.05, 3.63) is 44.8 Å². The van der Waals surface area contributed by atoms with Gasteiger partial charge in [0, 0.05) is 23.7 Å². The zero-order chi connectivity index (χ0) is 22.0. The molecule has 1 aromatic heterocycles. The van der Waals surface area contributed by atoms with Gasteiger partial charge in [-0.25, -0.2) is 9.79 Å². The average molecular weight is 462 g/mol. The first kappa shape index (κ1) is 22.1. The summed E-state index contributed by atoms with van der Waals surface area (Å²) in [4.78, 5) is 33.3. The Labute approximate surface area is 190 Å². The van der Waals surface area contributed by atoms with Crippen molar-refractivity contribution in [1.82, 2.24) is 10.2 Å². The van der Waals surface area contributed by atoms with Gasteiger partial charge in [0.1, 0.15) is 6.04 Å². The third-order valence-corrected chi connectivity index (χ3v) is 7.08. The summed E-state index contributed by atoms with van der Waals surface area (Å²) in [6.07, 6.45) is 2.11. The molecule has 0 saturated carbocycles. The molecule has 3 aliphatic rings. The van der Waals surface area contributed by atoms with E-state index in [-0.39, 0.29) is 36.5 Å². The van der Waals surface area contributed by atoms with Gasteiger partial charge in [0.05, 0.1) is 29.9 Å². The number of nitrogens with zero attached hydrogens (tertiary/aromatic N) is 2. The Bertz CT molecular complexity index is 931. The van der Waals surface area contributed by atoms with Crippen molar-refractivity contribution in [2.45, 2.75) is 58.3 Å². The number of hydrogen-bond donors (Lipinski definition) is 1. The van der Waals surface area contributed by atoms with Crippen LogP contribution in [0.5, 0.6) is 0 Å². The molecule has 0 spiro atoms. The summed E-state index contributed by atoms with van der Waals surface area (Å²) < 4.78 is 11.1. The van der Waals surface area contributed by atoms with Gasteiger partial charge in [-0.3, -0.25) is 4.79 Å². The minimum Gasteiger partial charge on any atom is -0.459 e. The fourth-order valence-corrected chi connectivity index (χ4v) is 5.67. The number of amides is 1. The molecule has 0 radical (unpaired) electrons. The molecule has 9 heteroatoms. The third-order valence-electron chi connectivity index (χ3n) is 5.27. The van der Waals surface area contributed by atoms with E-state index in [2.05, 4.69) is 10.3 Å². The molecule has 2 unspecified atom stereocenters. The van der Waals surface area contributed by atoms with E-state index in [1.807, 2.05) is 48.6 Å². The Morgan fingerprint density at radius 1 is 1.42 bits per heavy atom. The fourth-order valence-electron chi connectivity index (χ4n) is 3.88. The van der Waals surface area contributed by atoms with Gasteiger partial charge in [0.2, 0.25) is 5.91 Å². The lowest BCUT2D eigenvalue weighted by molar-refractivity contribution is -0.143. The molecule has 31 heavy (non-hydrogen) atoms. The Balaban J connectivity index is 1.56. The van der Waals surface area contributed by atoms with Crippen LogP contribution < -0.4 is 5.32 Å². The van der Waals surface area contributed by atoms with Crippen molar-refractivity contribution in [2.75, 3.05) is 13.2 Å². The zero-order valence-corrected chi connectivity index (χ0v) is 19.6. The van der Waals surface area contributed by atoms with E-state index in [1.165, 1.54) is 11.8 Å². The molecule has 2 atom stereocenters. The van der Waals surface area contributed by atoms with Crippen LogP contribution in [-0.4, -0.2) is 47.3 Å². The van der Waals surface area contributed by atoms with Crippen LogP contribution in [-0.2, 0) is 19.1 Å². The van der Waals surface area contributed by atoms with Gasteiger partial charge in [-0.15, -0.1) is 11.3 Å². The second-order valence-corrected chi connectivity index (χ2v) is 9.79. The second kappa shape index (κ2) is 9.58. The van der Waals surface area contributed by atoms with Crippen molar-refractivity contribution >= 4 is 40.1 Å². The maximum Gasteiger partial charge on any atom is 0.338 e. The van der Waals surface area contributed by atoms with E-state index in [1.54, 1.807) is 11.3 Å². The predicted molar refractivity (Wildman–Crippen MR) is 123 cm³/mol. The average Bonchev–Trinajstić information content (AvgIpc) is 3.47. The van der Waals surface area contributed by atoms with Crippen LogP contribution in [0.3, 0.4) is 0 Å². The van der Waals surface area contributed by atoms with Crippen LogP contribution in [0.2, 0.25) is 0 Å². The Kier molecular flexibility index (Phi) is 6.83. The highest BCUT2D eigenvalue weighted by Gasteiger charge is 2.41. The van der Waals surface area contributed by atoms with Crippen LogP contribution in [0.1, 0.15) is 51.0 Å². The molecule has 0 bridgehead atoms. The number of hydrogen-bond acceptors (Lipinski definition) is 8. The lowest BCUT2D eigenvalue weighted by Gasteiger charge is -2.35. The first-order chi connectivity index (χ1) is 14.9. The number of rotatable bonds is 7. The number of aliphatic imine (C=N–C) groups is 1. The molecular formula is C22H27N3O4S2. The summed E-state index contributed by atoms with van der Waals surface area (Å²) in [5, 5.41) is 7.70. The van der Waals surface area contributed by atoms with E-state index in [0.717, 1.165) is 35.2 Å². The number of carbonyl (C=O) groups excluding carboxylic acids is 2. The molecule has 3 aliphatic heterocycles. The minimum absolute atomic E-state index is 0.0638. The lowest BCUT2D eigenvalue weighted by atomic mass is 9.99. The Hall–Kier alpha value is -2.10. The van der Waals surface area contributed by atoms with E-state index in [4.69, 9.17) is 9.47 Å². The van der Waals surface area contributed by atoms with E-state index in [9.17, 15) is 9.59 Å². The van der Waals surface area contributed by atoms with Crippen LogP contribution in [0.15, 0.2) is 44.9 Å². The van der Waals surface area contributed by atoms with Crippen molar-refractivity contribution in [3.63, 3.8) is 0 Å². The quantitative estimate of drug-likeness (QED) is 0.619. The standard InChI is InChI=1S/C22H27N3O4S2/c1-13(2)29-21(27)19-14(3)24-22-25(20(19)17-7-5-9-30-17)15(12-31-22)10-18(26)23-11-16-6-4-8-28-16/h5,7,9,12-13,16,20H,4,6,8,10-11H2,1-3H3,(H,23,26). The molecule has 1 aromatic rings. The smallest absolute Gasteiger partial charge is 0.338 e. The maximum atomic E-state index is 13.0. The molecule has 0 aromatic carbocycles. The Morgan fingerprint density at radius 3 is 2.94 bits per heavy atom. The van der Waals surface area contributed by atoms with E-state index >= 15 is 0 Å². The number of allylic oxidation sites excluding steroid dienone is 1. The summed E-state index contributed by atoms with van der Waals surface area (Å²) in [7, 11) is 0. The largest absolute Gasteiger partial charge is 0.459 e. The van der Waals surface area contributed by atoms with Crippen LogP contribution >= 0.6 is 23.1 Å². The second-order valence-electron chi connectivity index (χ2n) is 7.98. The number of fused-ring (bicyclic) bond motifs is 1. The highest BCUT2D eigenvalue weighted by molar-refractivity contribution is 8.16. The summed E-state index contributed by atoms with van der Waals surface area (Å²) in [5.74, 6) is -0.432. The van der Waals surface area contributed by atoms with Crippen LogP contribution in [0.4, 0.5) is 0 Å². The maximum absolute atomic E-state index is 13.0. The number of esters is 1. The number of thiophene rings is 1. The molecule has 1 N–H and O–H groups in total. The third kappa shape index (κ3) is 4.88. The number of carbonyl (C=O) groups is 2. The SMILES string of the molecule is CC1=C(C(=O)OC(C)C)C(c2cccs2)N2C(CC(=O)NCC3CCCO3)=CSC2=N1. The molecule has 0 aliphatic carbocycles. The topological polar surface area (TPSA) is 80.2 Å². The van der Waals surface area contributed by atoms with Crippen molar-refractivity contribution < 1.29 is 19.1 Å². The monoisotopic (exact) mass is 461 g/mol. The Morgan fingerprint density at radius 2 is 2.26 bits per heavy atom. The van der Waals surface area contributed by atoms with Crippen molar-refractivity contribution in [2.24, 2.45) is 4.99 Å². The molecule has 166 valence electrons.